The zero-order chi connectivity index (χ0) is 20.7. The van der Waals surface area contributed by atoms with Crippen molar-refractivity contribution >= 4 is 67.3 Å². The van der Waals surface area contributed by atoms with E-state index in [1.54, 1.807) is 9.80 Å². The summed E-state index contributed by atoms with van der Waals surface area (Å²) in [6.45, 7) is 6.04. The number of likely N-dealkylation sites (N-methyl/N-ethyl adjacent to an activating group) is 2. The molecule has 0 aromatic carbocycles. The maximum absolute atomic E-state index is 12.3. The van der Waals surface area contributed by atoms with E-state index in [4.69, 9.17) is 11.5 Å². The van der Waals surface area contributed by atoms with Gasteiger partial charge in [0.25, 0.3) is 0 Å². The summed E-state index contributed by atoms with van der Waals surface area (Å²) in [6.07, 6.45) is 0.411. The molecule has 3 amide bonds. The first kappa shape index (κ1) is 36.0. The Morgan fingerprint density at radius 1 is 0.719 bits per heavy atom. The molecule has 0 spiro atoms. The van der Waals surface area contributed by atoms with Crippen LogP contribution in [0.15, 0.2) is 0 Å². The van der Waals surface area contributed by atoms with Crippen molar-refractivity contribution in [1.82, 2.24) is 24.9 Å². The Labute approximate surface area is 215 Å². The zero-order valence-electron chi connectivity index (χ0n) is 18.7. The number of piperazine rings is 2. The topological polar surface area (TPSA) is 128 Å². The van der Waals surface area contributed by atoms with Gasteiger partial charge in [-0.05, 0) is 20.5 Å². The summed E-state index contributed by atoms with van der Waals surface area (Å²) in [7, 11) is 4.03. The van der Waals surface area contributed by atoms with Gasteiger partial charge in [0.05, 0.1) is 6.04 Å². The monoisotopic (exact) mass is 541 g/mol. The average molecular weight is 543 g/mol. The molecule has 2 atom stereocenters. The maximum Gasteiger partial charge on any atom is 0.241 e. The van der Waals surface area contributed by atoms with E-state index in [9.17, 15) is 14.4 Å². The summed E-state index contributed by atoms with van der Waals surface area (Å²) in [5, 5.41) is 2.68. The van der Waals surface area contributed by atoms with Crippen molar-refractivity contribution < 1.29 is 14.4 Å². The number of rotatable bonds is 7. The Hall–Kier alpha value is -0.590. The molecule has 2 rings (SSSR count). The van der Waals surface area contributed by atoms with Crippen LogP contribution < -0.4 is 16.8 Å². The van der Waals surface area contributed by atoms with Crippen LogP contribution in [0.3, 0.4) is 0 Å². The third-order valence-electron chi connectivity index (χ3n) is 5.47. The molecule has 2 heterocycles. The molecule has 0 bridgehead atoms. The summed E-state index contributed by atoms with van der Waals surface area (Å²) < 4.78 is 0. The third kappa shape index (κ3) is 11.5. The molecular weight excluding hydrogens is 504 g/mol. The summed E-state index contributed by atoms with van der Waals surface area (Å²) in [5.74, 6) is -0.499. The van der Waals surface area contributed by atoms with Gasteiger partial charge in [-0.25, -0.2) is 0 Å². The van der Waals surface area contributed by atoms with Crippen molar-refractivity contribution in [2.75, 3.05) is 73.0 Å². The molecule has 32 heavy (non-hydrogen) atoms. The molecule has 0 radical (unpaired) electrons. The molecule has 2 aliphatic rings. The van der Waals surface area contributed by atoms with Crippen LogP contribution in [-0.4, -0.2) is 122 Å². The first-order chi connectivity index (χ1) is 13.3. The van der Waals surface area contributed by atoms with Gasteiger partial charge in [0.15, 0.2) is 0 Å². The highest BCUT2D eigenvalue weighted by atomic mass is 35.5. The highest BCUT2D eigenvalue weighted by Gasteiger charge is 2.26. The number of halogens is 4. The SMILES string of the molecule is CN1CCN(C(=O)[C@@H](N)CCC(=O)NC[C@H](N)C(=O)N2CCN(C)CC2)CC1.Cl.Cl.Cl.Cl. The Bertz CT molecular complexity index is 515. The number of nitrogens with one attached hydrogen (secondary N) is 1. The number of carbonyl (C=O) groups is 3. The lowest BCUT2D eigenvalue weighted by molar-refractivity contribution is -0.134. The van der Waals surface area contributed by atoms with Crippen LogP contribution in [0.2, 0.25) is 0 Å². The van der Waals surface area contributed by atoms with E-state index < -0.39 is 12.1 Å². The van der Waals surface area contributed by atoms with E-state index in [0.717, 1.165) is 26.2 Å². The highest BCUT2D eigenvalue weighted by Crippen LogP contribution is 2.05. The van der Waals surface area contributed by atoms with Crippen molar-refractivity contribution in [3.8, 4) is 0 Å². The summed E-state index contributed by atoms with van der Waals surface area (Å²) >= 11 is 0. The number of amides is 3. The molecule has 0 saturated carbocycles. The van der Waals surface area contributed by atoms with E-state index in [2.05, 4.69) is 15.1 Å². The molecule has 0 aromatic heterocycles. The van der Waals surface area contributed by atoms with Gasteiger partial charge < -0.3 is 36.4 Å². The van der Waals surface area contributed by atoms with Crippen LogP contribution in [0, 0.1) is 0 Å². The lowest BCUT2D eigenvalue weighted by atomic mass is 10.1. The molecule has 2 saturated heterocycles. The van der Waals surface area contributed by atoms with Crippen LogP contribution in [-0.2, 0) is 14.4 Å². The molecular formula is C18H39Cl4N7O3. The molecule has 2 fully saturated rings. The molecule has 0 aromatic rings. The Kier molecular flexibility index (Phi) is 20.1. The number of hydrogen-bond acceptors (Lipinski definition) is 7. The quantitative estimate of drug-likeness (QED) is 0.367. The van der Waals surface area contributed by atoms with Gasteiger partial charge in [-0.1, -0.05) is 0 Å². The Balaban J connectivity index is -0.00000210. The van der Waals surface area contributed by atoms with E-state index in [0.29, 0.717) is 26.2 Å². The van der Waals surface area contributed by atoms with Gasteiger partial charge in [-0.15, -0.1) is 49.6 Å². The maximum atomic E-state index is 12.3. The smallest absolute Gasteiger partial charge is 0.241 e. The second-order valence-electron chi connectivity index (χ2n) is 7.81. The van der Waals surface area contributed by atoms with Gasteiger partial charge in [0, 0.05) is 65.3 Å². The Morgan fingerprint density at radius 3 is 1.50 bits per heavy atom. The van der Waals surface area contributed by atoms with Gasteiger partial charge in [-0.2, -0.15) is 0 Å². The standard InChI is InChI=1S/C18H35N7O3.4ClH/c1-22-5-9-24(10-6-22)17(27)14(19)3-4-16(26)21-13-15(20)18(28)25-11-7-23(2)8-12-25;;;;/h14-15H,3-13,19-20H2,1-2H3,(H,21,26);4*1H/t14-,15-;;;;/m0..../s1. The summed E-state index contributed by atoms with van der Waals surface area (Å²) in [5.41, 5.74) is 11.9. The van der Waals surface area contributed by atoms with E-state index in [-0.39, 0.29) is 86.7 Å². The van der Waals surface area contributed by atoms with Crippen LogP contribution in [0.25, 0.3) is 0 Å². The fourth-order valence-corrected chi connectivity index (χ4v) is 3.33. The molecule has 2 aliphatic heterocycles. The van der Waals surface area contributed by atoms with Crippen molar-refractivity contribution in [2.24, 2.45) is 11.5 Å². The van der Waals surface area contributed by atoms with Crippen molar-refractivity contribution in [2.45, 2.75) is 24.9 Å². The lowest BCUT2D eigenvalue weighted by Gasteiger charge is -2.34. The zero-order valence-corrected chi connectivity index (χ0v) is 22.0. The lowest BCUT2D eigenvalue weighted by Crippen LogP contribution is -2.55. The summed E-state index contributed by atoms with van der Waals surface area (Å²) in [4.78, 5) is 44.5. The first-order valence-corrected chi connectivity index (χ1v) is 10.0. The van der Waals surface area contributed by atoms with Crippen molar-refractivity contribution in [3.63, 3.8) is 0 Å². The predicted octanol–water partition coefficient (Wildman–Crippen LogP) is -1.23. The number of carbonyl (C=O) groups excluding carboxylic acids is 3. The van der Waals surface area contributed by atoms with Crippen LogP contribution in [0.4, 0.5) is 0 Å². The number of nitrogens with zero attached hydrogens (tertiary/aromatic N) is 4. The average Bonchev–Trinajstić information content (AvgIpc) is 2.70. The van der Waals surface area contributed by atoms with Crippen LogP contribution in [0.1, 0.15) is 12.8 Å². The van der Waals surface area contributed by atoms with Gasteiger partial charge in [0.2, 0.25) is 17.7 Å². The second kappa shape index (κ2) is 17.8. The number of hydrogen-bond donors (Lipinski definition) is 3. The van der Waals surface area contributed by atoms with Crippen molar-refractivity contribution in [3.05, 3.63) is 0 Å². The largest absolute Gasteiger partial charge is 0.354 e. The van der Waals surface area contributed by atoms with E-state index >= 15 is 0 Å². The number of nitrogens with two attached hydrogens (primary N) is 2. The molecule has 192 valence electrons. The minimum atomic E-state index is -0.756. The molecule has 0 unspecified atom stereocenters. The summed E-state index contributed by atoms with van der Waals surface area (Å²) in [6, 6.07) is -1.44. The normalized spacial score (nSPS) is 18.6. The molecule has 5 N–H and O–H groups in total. The minimum Gasteiger partial charge on any atom is -0.354 e. The molecule has 0 aliphatic carbocycles. The van der Waals surface area contributed by atoms with Gasteiger partial charge >= 0.3 is 0 Å². The fraction of sp³-hybridized carbons (Fsp3) is 0.833. The molecule has 10 nitrogen and oxygen atoms in total. The van der Waals surface area contributed by atoms with Crippen molar-refractivity contribution in [1.29, 1.82) is 0 Å². The second-order valence-corrected chi connectivity index (χ2v) is 7.81. The van der Waals surface area contributed by atoms with Gasteiger partial charge in [-0.3, -0.25) is 14.4 Å². The molecule has 14 heteroatoms. The Morgan fingerprint density at radius 2 is 1.09 bits per heavy atom. The minimum absolute atomic E-state index is 0. The predicted molar refractivity (Wildman–Crippen MR) is 135 cm³/mol. The first-order valence-electron chi connectivity index (χ1n) is 10.0. The fourth-order valence-electron chi connectivity index (χ4n) is 3.33. The van der Waals surface area contributed by atoms with Gasteiger partial charge in [0.1, 0.15) is 6.04 Å². The van der Waals surface area contributed by atoms with E-state index in [1.165, 1.54) is 0 Å². The van der Waals surface area contributed by atoms with E-state index in [1.807, 2.05) is 14.1 Å². The highest BCUT2D eigenvalue weighted by molar-refractivity contribution is 5.86. The van der Waals surface area contributed by atoms with Crippen LogP contribution in [0.5, 0.6) is 0 Å². The third-order valence-corrected chi connectivity index (χ3v) is 5.47. The van der Waals surface area contributed by atoms with Crippen LogP contribution >= 0.6 is 49.6 Å².